The number of amides is 1. The number of halogens is 2. The van der Waals surface area contributed by atoms with Crippen molar-refractivity contribution in [2.45, 2.75) is 39.8 Å². The molecule has 0 bridgehead atoms. The van der Waals surface area contributed by atoms with Crippen LogP contribution in [-0.4, -0.2) is 54.5 Å². The van der Waals surface area contributed by atoms with Crippen LogP contribution in [0.5, 0.6) is 0 Å². The Morgan fingerprint density at radius 1 is 1.17 bits per heavy atom. The molecule has 1 heterocycles. The first-order valence-corrected chi connectivity index (χ1v) is 8.44. The Balaban J connectivity index is 0.00000264. The summed E-state index contributed by atoms with van der Waals surface area (Å²) < 4.78 is 0. The summed E-state index contributed by atoms with van der Waals surface area (Å²) in [5.74, 6) is 0.159. The molecule has 1 amide bonds. The van der Waals surface area contributed by atoms with Gasteiger partial charge in [0.05, 0.1) is 0 Å². The molecule has 1 N–H and O–H groups in total. The van der Waals surface area contributed by atoms with E-state index in [0.29, 0.717) is 6.04 Å². The summed E-state index contributed by atoms with van der Waals surface area (Å²) in [7, 11) is 0. The van der Waals surface area contributed by atoms with Crippen molar-refractivity contribution in [1.82, 2.24) is 15.1 Å². The third-order valence-electron chi connectivity index (χ3n) is 4.35. The predicted octanol–water partition coefficient (Wildman–Crippen LogP) is 3.20. The number of benzene rings is 1. The summed E-state index contributed by atoms with van der Waals surface area (Å²) >= 11 is 0. The Morgan fingerprint density at radius 2 is 1.83 bits per heavy atom. The molecule has 2 rings (SSSR count). The molecule has 1 aromatic carbocycles. The van der Waals surface area contributed by atoms with Gasteiger partial charge < -0.3 is 10.2 Å². The van der Waals surface area contributed by atoms with Crippen LogP contribution in [0, 0.1) is 0 Å². The van der Waals surface area contributed by atoms with E-state index in [4.69, 9.17) is 0 Å². The van der Waals surface area contributed by atoms with Crippen molar-refractivity contribution < 1.29 is 4.79 Å². The number of hydrogen-bond acceptors (Lipinski definition) is 3. The standard InChI is InChI=1S/C18H29N3O.2ClH/c1-4-20(15(2)3)14-16-6-8-17(9-7-16)18(22)21-12-5-10-19-11-13-21;;/h6-9,15,19H,4-5,10-14H2,1-3H3;2*1H. The van der Waals surface area contributed by atoms with Crippen LogP contribution >= 0.6 is 24.8 Å². The van der Waals surface area contributed by atoms with E-state index in [2.05, 4.69) is 43.1 Å². The summed E-state index contributed by atoms with van der Waals surface area (Å²) in [4.78, 5) is 16.9. The Morgan fingerprint density at radius 3 is 2.42 bits per heavy atom. The highest BCUT2D eigenvalue weighted by Crippen LogP contribution is 2.12. The quantitative estimate of drug-likeness (QED) is 0.857. The van der Waals surface area contributed by atoms with Crippen molar-refractivity contribution in [2.75, 3.05) is 32.7 Å². The minimum absolute atomic E-state index is 0. The zero-order valence-corrected chi connectivity index (χ0v) is 16.6. The molecule has 1 aliphatic heterocycles. The third kappa shape index (κ3) is 6.60. The number of carbonyl (C=O) groups excluding carboxylic acids is 1. The molecule has 4 nitrogen and oxygen atoms in total. The molecule has 0 unspecified atom stereocenters. The monoisotopic (exact) mass is 375 g/mol. The Bertz CT molecular complexity index is 472. The maximum Gasteiger partial charge on any atom is 0.253 e. The lowest BCUT2D eigenvalue weighted by atomic mass is 10.1. The molecule has 0 atom stereocenters. The summed E-state index contributed by atoms with van der Waals surface area (Å²) in [6.07, 6.45) is 1.03. The van der Waals surface area contributed by atoms with E-state index in [1.54, 1.807) is 0 Å². The summed E-state index contributed by atoms with van der Waals surface area (Å²) in [6.45, 7) is 12.2. The first kappa shape index (κ1) is 23.2. The van der Waals surface area contributed by atoms with Gasteiger partial charge >= 0.3 is 0 Å². The number of hydrogen-bond donors (Lipinski definition) is 1. The minimum Gasteiger partial charge on any atom is -0.337 e. The second kappa shape index (κ2) is 11.7. The molecule has 1 saturated heterocycles. The Hall–Kier alpha value is -0.810. The fourth-order valence-electron chi connectivity index (χ4n) is 2.88. The second-order valence-electron chi connectivity index (χ2n) is 6.25. The van der Waals surface area contributed by atoms with E-state index in [-0.39, 0.29) is 30.7 Å². The van der Waals surface area contributed by atoms with E-state index >= 15 is 0 Å². The average Bonchev–Trinajstić information content (AvgIpc) is 2.81. The van der Waals surface area contributed by atoms with Gasteiger partial charge in [-0.05, 0) is 51.1 Å². The van der Waals surface area contributed by atoms with Gasteiger partial charge in [0, 0.05) is 37.8 Å². The zero-order chi connectivity index (χ0) is 15.9. The van der Waals surface area contributed by atoms with Crippen LogP contribution in [-0.2, 0) is 6.54 Å². The van der Waals surface area contributed by atoms with Crippen LogP contribution in [0.3, 0.4) is 0 Å². The van der Waals surface area contributed by atoms with Crippen LogP contribution in [0.4, 0.5) is 0 Å². The molecule has 6 heteroatoms. The number of carbonyl (C=O) groups is 1. The number of rotatable bonds is 5. The van der Waals surface area contributed by atoms with Crippen molar-refractivity contribution in [1.29, 1.82) is 0 Å². The van der Waals surface area contributed by atoms with Gasteiger partial charge in [-0.2, -0.15) is 0 Å². The van der Waals surface area contributed by atoms with E-state index in [1.165, 1.54) is 5.56 Å². The van der Waals surface area contributed by atoms with E-state index in [0.717, 1.165) is 51.3 Å². The SMILES string of the molecule is CCN(Cc1ccc(C(=O)N2CCCNCC2)cc1)C(C)C.Cl.Cl. The van der Waals surface area contributed by atoms with E-state index < -0.39 is 0 Å². The lowest BCUT2D eigenvalue weighted by molar-refractivity contribution is 0.0766. The van der Waals surface area contributed by atoms with E-state index in [9.17, 15) is 4.79 Å². The van der Waals surface area contributed by atoms with Crippen LogP contribution in [0.15, 0.2) is 24.3 Å². The van der Waals surface area contributed by atoms with Gasteiger partial charge in [0.1, 0.15) is 0 Å². The van der Waals surface area contributed by atoms with Gasteiger partial charge in [-0.15, -0.1) is 24.8 Å². The van der Waals surface area contributed by atoms with Crippen molar-refractivity contribution in [2.24, 2.45) is 0 Å². The Kier molecular flexibility index (Phi) is 11.3. The Labute approximate surface area is 158 Å². The minimum atomic E-state index is 0. The fraction of sp³-hybridized carbons (Fsp3) is 0.611. The summed E-state index contributed by atoms with van der Waals surface area (Å²) in [6, 6.07) is 8.67. The third-order valence-corrected chi connectivity index (χ3v) is 4.35. The maximum atomic E-state index is 12.5. The molecule has 138 valence electrons. The van der Waals surface area contributed by atoms with Crippen LogP contribution in [0.1, 0.15) is 43.1 Å². The van der Waals surface area contributed by atoms with Crippen LogP contribution in [0.2, 0.25) is 0 Å². The van der Waals surface area contributed by atoms with Gasteiger partial charge in [-0.1, -0.05) is 19.1 Å². The van der Waals surface area contributed by atoms with Crippen LogP contribution < -0.4 is 5.32 Å². The largest absolute Gasteiger partial charge is 0.337 e. The second-order valence-corrected chi connectivity index (χ2v) is 6.25. The summed E-state index contributed by atoms with van der Waals surface area (Å²) in [5.41, 5.74) is 2.07. The summed E-state index contributed by atoms with van der Waals surface area (Å²) in [5, 5.41) is 3.33. The van der Waals surface area contributed by atoms with E-state index in [1.807, 2.05) is 17.0 Å². The maximum absolute atomic E-state index is 12.5. The first-order valence-electron chi connectivity index (χ1n) is 8.44. The van der Waals surface area contributed by atoms with Crippen molar-refractivity contribution in [3.63, 3.8) is 0 Å². The van der Waals surface area contributed by atoms with Crippen molar-refractivity contribution >= 4 is 30.7 Å². The van der Waals surface area contributed by atoms with Gasteiger partial charge in [0.25, 0.3) is 5.91 Å². The normalized spacial score (nSPS) is 14.8. The highest BCUT2D eigenvalue weighted by Gasteiger charge is 2.17. The predicted molar refractivity (Wildman–Crippen MR) is 106 cm³/mol. The molecule has 0 aromatic heterocycles. The van der Waals surface area contributed by atoms with Crippen LogP contribution in [0.25, 0.3) is 0 Å². The molecule has 0 saturated carbocycles. The molecular formula is C18H31Cl2N3O. The molecule has 24 heavy (non-hydrogen) atoms. The lowest BCUT2D eigenvalue weighted by Crippen LogP contribution is -2.34. The zero-order valence-electron chi connectivity index (χ0n) is 15.0. The number of nitrogens with one attached hydrogen (secondary N) is 1. The van der Waals surface area contributed by atoms with Gasteiger partial charge in [-0.25, -0.2) is 0 Å². The average molecular weight is 376 g/mol. The molecule has 1 aliphatic rings. The molecule has 0 radical (unpaired) electrons. The first-order chi connectivity index (χ1) is 10.6. The van der Waals surface area contributed by atoms with Gasteiger partial charge in [0.2, 0.25) is 0 Å². The molecule has 1 fully saturated rings. The van der Waals surface area contributed by atoms with Gasteiger partial charge in [-0.3, -0.25) is 9.69 Å². The lowest BCUT2D eigenvalue weighted by Gasteiger charge is -2.25. The van der Waals surface area contributed by atoms with Crippen molar-refractivity contribution in [3.8, 4) is 0 Å². The molecular weight excluding hydrogens is 345 g/mol. The van der Waals surface area contributed by atoms with Crippen molar-refractivity contribution in [3.05, 3.63) is 35.4 Å². The highest BCUT2D eigenvalue weighted by molar-refractivity contribution is 5.94. The topological polar surface area (TPSA) is 35.6 Å². The highest BCUT2D eigenvalue weighted by atomic mass is 35.5. The number of nitrogens with zero attached hydrogens (tertiary/aromatic N) is 2. The fourth-order valence-corrected chi connectivity index (χ4v) is 2.88. The molecule has 1 aromatic rings. The molecule has 0 spiro atoms. The van der Waals surface area contributed by atoms with Gasteiger partial charge in [0.15, 0.2) is 0 Å². The molecule has 0 aliphatic carbocycles. The smallest absolute Gasteiger partial charge is 0.253 e.